The van der Waals surface area contributed by atoms with E-state index in [0.29, 0.717) is 6.61 Å². The fourth-order valence-electron chi connectivity index (χ4n) is 1.73. The summed E-state index contributed by atoms with van der Waals surface area (Å²) in [5.41, 5.74) is 4.78. The molecule has 1 amide bonds. The van der Waals surface area contributed by atoms with Gasteiger partial charge in [0.05, 0.1) is 17.3 Å². The van der Waals surface area contributed by atoms with Gasteiger partial charge in [-0.2, -0.15) is 0 Å². The van der Waals surface area contributed by atoms with Crippen LogP contribution in [0.1, 0.15) is 13.3 Å². The predicted octanol–water partition coefficient (Wildman–Crippen LogP) is 0.520. The van der Waals surface area contributed by atoms with Crippen LogP contribution >= 0.6 is 12.2 Å². The van der Waals surface area contributed by atoms with Crippen molar-refractivity contribution in [2.24, 2.45) is 0 Å². The van der Waals surface area contributed by atoms with E-state index in [4.69, 9.17) is 17.0 Å². The first-order valence-electron chi connectivity index (χ1n) is 7.07. The highest BCUT2D eigenvalue weighted by atomic mass is 32.2. The van der Waals surface area contributed by atoms with Crippen LogP contribution in [0.25, 0.3) is 0 Å². The Balaban J connectivity index is 2.40. The molecule has 10 heteroatoms. The minimum atomic E-state index is -3.66. The zero-order valence-corrected chi connectivity index (χ0v) is 15.0. The van der Waals surface area contributed by atoms with Gasteiger partial charge in [-0.25, -0.2) is 12.8 Å². The molecule has 0 saturated carbocycles. The predicted molar refractivity (Wildman–Crippen MR) is 91.4 cm³/mol. The molecular weight excluding hydrogens is 357 g/mol. The average molecular weight is 377 g/mol. The van der Waals surface area contributed by atoms with Crippen LogP contribution in [0.5, 0.6) is 0 Å². The number of sulfone groups is 1. The summed E-state index contributed by atoms with van der Waals surface area (Å²) in [7, 11) is -2.10. The molecule has 24 heavy (non-hydrogen) atoms. The molecule has 7 nitrogen and oxygen atoms in total. The average Bonchev–Trinajstić information content (AvgIpc) is 2.51. The second-order valence-corrected chi connectivity index (χ2v) is 7.54. The lowest BCUT2D eigenvalue weighted by molar-refractivity contribution is -0.121. The molecular formula is C14H20FN3O4S2. The van der Waals surface area contributed by atoms with Crippen molar-refractivity contribution in [2.75, 3.05) is 19.5 Å². The van der Waals surface area contributed by atoms with Gasteiger partial charge in [-0.15, -0.1) is 0 Å². The van der Waals surface area contributed by atoms with Crippen LogP contribution in [0.2, 0.25) is 0 Å². The molecule has 0 saturated heterocycles. The van der Waals surface area contributed by atoms with Crippen LogP contribution in [-0.4, -0.2) is 44.9 Å². The molecule has 1 aromatic rings. The zero-order valence-electron chi connectivity index (χ0n) is 13.3. The summed E-state index contributed by atoms with van der Waals surface area (Å²) in [6, 6.07) is 4.39. The monoisotopic (exact) mass is 377 g/mol. The smallest absolute Gasteiger partial charge is 0.239 e. The van der Waals surface area contributed by atoms with E-state index in [1.807, 2.05) is 6.92 Å². The number of benzene rings is 1. The number of hydrogen-bond donors (Lipinski definition) is 3. The van der Waals surface area contributed by atoms with E-state index in [2.05, 4.69) is 16.2 Å². The van der Waals surface area contributed by atoms with Gasteiger partial charge in [-0.05, 0) is 43.4 Å². The van der Waals surface area contributed by atoms with E-state index < -0.39 is 27.3 Å². The van der Waals surface area contributed by atoms with Crippen molar-refractivity contribution in [3.05, 3.63) is 30.1 Å². The van der Waals surface area contributed by atoms with Gasteiger partial charge in [0.25, 0.3) is 0 Å². The molecule has 0 fully saturated rings. The van der Waals surface area contributed by atoms with E-state index >= 15 is 0 Å². The molecule has 0 aliphatic carbocycles. The fourth-order valence-corrected chi connectivity index (χ4v) is 3.22. The molecule has 134 valence electrons. The normalized spacial score (nSPS) is 12.3. The molecule has 0 spiro atoms. The highest BCUT2D eigenvalue weighted by Gasteiger charge is 2.16. The largest absolute Gasteiger partial charge is 0.383 e. The summed E-state index contributed by atoms with van der Waals surface area (Å²) in [5, 5.41) is 3.06. The number of nitrogens with one attached hydrogen (secondary N) is 3. The Morgan fingerprint density at radius 2 is 1.92 bits per heavy atom. The van der Waals surface area contributed by atoms with Crippen molar-refractivity contribution in [1.82, 2.24) is 16.2 Å². The number of ether oxygens (including phenoxy) is 1. The summed E-state index contributed by atoms with van der Waals surface area (Å²) < 4.78 is 41.8. The van der Waals surface area contributed by atoms with Gasteiger partial charge in [-0.3, -0.25) is 15.6 Å². The fraction of sp³-hybridized carbons (Fsp3) is 0.429. The van der Waals surface area contributed by atoms with E-state index in [1.54, 1.807) is 7.11 Å². The standard InChI is InChI=1S/C14H20FN3O4S2/c1-10(9-22-2)16-14(23)18-17-13(19)7-8-24(20,21)12-5-3-11(15)4-6-12/h3-6,10H,7-9H2,1-2H3,(H,17,19)(H2,16,18,23)/t10-/m1/s1. The number of carbonyl (C=O) groups is 1. The Bertz CT molecular complexity index is 665. The number of amides is 1. The summed E-state index contributed by atoms with van der Waals surface area (Å²) >= 11 is 4.96. The Labute approximate surface area is 145 Å². The molecule has 0 heterocycles. The summed E-state index contributed by atoms with van der Waals surface area (Å²) in [6.07, 6.45) is -0.261. The highest BCUT2D eigenvalue weighted by Crippen LogP contribution is 2.12. The lowest BCUT2D eigenvalue weighted by atomic mass is 10.4. The highest BCUT2D eigenvalue weighted by molar-refractivity contribution is 7.91. The molecule has 0 bridgehead atoms. The number of methoxy groups -OCH3 is 1. The van der Waals surface area contributed by atoms with Crippen LogP contribution in [0, 0.1) is 5.82 Å². The van der Waals surface area contributed by atoms with E-state index in [1.165, 1.54) is 0 Å². The Morgan fingerprint density at radius 3 is 2.50 bits per heavy atom. The van der Waals surface area contributed by atoms with Gasteiger partial charge in [0.15, 0.2) is 14.9 Å². The topological polar surface area (TPSA) is 96.5 Å². The number of halogens is 1. The second-order valence-electron chi connectivity index (χ2n) is 5.03. The van der Waals surface area contributed by atoms with Crippen molar-refractivity contribution in [3.8, 4) is 0 Å². The third-order valence-corrected chi connectivity index (χ3v) is 4.83. The van der Waals surface area contributed by atoms with Crippen LogP contribution in [0.4, 0.5) is 4.39 Å². The first kappa shape index (κ1) is 20.3. The molecule has 1 atom stereocenters. The quantitative estimate of drug-likeness (QED) is 0.362. The van der Waals surface area contributed by atoms with Gasteiger partial charge >= 0.3 is 0 Å². The molecule has 0 aromatic heterocycles. The van der Waals surface area contributed by atoms with Crippen molar-refractivity contribution in [2.45, 2.75) is 24.3 Å². The third kappa shape index (κ3) is 7.20. The second kappa shape index (κ2) is 9.50. The Morgan fingerprint density at radius 1 is 1.29 bits per heavy atom. The van der Waals surface area contributed by atoms with Crippen molar-refractivity contribution in [3.63, 3.8) is 0 Å². The maximum atomic E-state index is 12.8. The number of carbonyl (C=O) groups excluding carboxylic acids is 1. The third-order valence-electron chi connectivity index (χ3n) is 2.88. The first-order valence-corrected chi connectivity index (χ1v) is 9.13. The van der Waals surface area contributed by atoms with Crippen LogP contribution in [0.3, 0.4) is 0 Å². The van der Waals surface area contributed by atoms with E-state index in [-0.39, 0.29) is 22.5 Å². The molecule has 1 rings (SSSR count). The molecule has 0 aliphatic rings. The maximum absolute atomic E-state index is 12.8. The first-order chi connectivity index (χ1) is 11.2. The Kier molecular flexibility index (Phi) is 8.02. The zero-order chi connectivity index (χ0) is 18.2. The summed E-state index contributed by atoms with van der Waals surface area (Å²) in [6.45, 7) is 2.28. The van der Waals surface area contributed by atoms with Gasteiger partial charge in [0.1, 0.15) is 5.82 Å². The number of hydrazine groups is 1. The van der Waals surface area contributed by atoms with Crippen molar-refractivity contribution < 1.29 is 22.3 Å². The molecule has 0 radical (unpaired) electrons. The van der Waals surface area contributed by atoms with E-state index in [9.17, 15) is 17.6 Å². The van der Waals surface area contributed by atoms with Crippen LogP contribution < -0.4 is 16.2 Å². The van der Waals surface area contributed by atoms with Crippen molar-refractivity contribution in [1.29, 1.82) is 0 Å². The number of hydrogen-bond acceptors (Lipinski definition) is 5. The van der Waals surface area contributed by atoms with Gasteiger partial charge in [0, 0.05) is 19.6 Å². The van der Waals surface area contributed by atoms with Crippen molar-refractivity contribution >= 4 is 33.1 Å². The SMILES string of the molecule is COC[C@@H](C)NC(=S)NNC(=O)CCS(=O)(=O)c1ccc(F)cc1. The minimum Gasteiger partial charge on any atom is -0.383 e. The van der Waals surface area contributed by atoms with Gasteiger partial charge in [-0.1, -0.05) is 0 Å². The molecule has 3 N–H and O–H groups in total. The summed E-state index contributed by atoms with van der Waals surface area (Å²) in [5.74, 6) is -1.46. The number of thiocarbonyl (C=S) groups is 1. The molecule has 0 aliphatic heterocycles. The minimum absolute atomic E-state index is 0.0322. The van der Waals surface area contributed by atoms with E-state index in [0.717, 1.165) is 24.3 Å². The van der Waals surface area contributed by atoms with Crippen LogP contribution in [-0.2, 0) is 19.4 Å². The maximum Gasteiger partial charge on any atom is 0.239 e. The van der Waals surface area contributed by atoms with Crippen LogP contribution in [0.15, 0.2) is 29.2 Å². The summed E-state index contributed by atoms with van der Waals surface area (Å²) in [4.78, 5) is 11.6. The lowest BCUT2D eigenvalue weighted by Gasteiger charge is -2.16. The molecule has 0 unspecified atom stereocenters. The number of rotatable bonds is 7. The Hall–Kier alpha value is -1.78. The lowest BCUT2D eigenvalue weighted by Crippen LogP contribution is -2.50. The molecule has 1 aromatic carbocycles. The van der Waals surface area contributed by atoms with Gasteiger partial charge < -0.3 is 10.1 Å². The van der Waals surface area contributed by atoms with Gasteiger partial charge in [0.2, 0.25) is 5.91 Å².